The van der Waals surface area contributed by atoms with Gasteiger partial charge in [-0.15, -0.1) is 0 Å². The van der Waals surface area contributed by atoms with Crippen LogP contribution in [0.1, 0.15) is 25.7 Å². The van der Waals surface area contributed by atoms with Crippen molar-refractivity contribution >= 4 is 28.2 Å². The Kier molecular flexibility index (Phi) is 3.48. The topological polar surface area (TPSA) is 34.1 Å². The van der Waals surface area contributed by atoms with E-state index in [2.05, 4.69) is 16.4 Å². The highest BCUT2D eigenvalue weighted by Crippen LogP contribution is 2.38. The first-order valence-electron chi connectivity index (χ1n) is 7.72. The Hall–Kier alpha value is -1.32. The van der Waals surface area contributed by atoms with Gasteiger partial charge in [-0.3, -0.25) is 4.98 Å². The molecule has 2 fully saturated rings. The normalized spacial score (nSPS) is 26.0. The third-order valence-corrected chi connectivity index (χ3v) is 4.76. The molecule has 1 aliphatic carbocycles. The minimum Gasteiger partial charge on any atom is -0.382 e. The summed E-state index contributed by atoms with van der Waals surface area (Å²) in [6, 6.07) is 8.43. The van der Waals surface area contributed by atoms with Crippen molar-refractivity contribution in [3.8, 4) is 0 Å². The molecule has 0 amide bonds. The van der Waals surface area contributed by atoms with Crippen LogP contribution in [-0.4, -0.2) is 23.7 Å². The maximum Gasteiger partial charge on any atom is 0.0737 e. The van der Waals surface area contributed by atoms with Gasteiger partial charge >= 0.3 is 0 Å². The molecule has 1 saturated heterocycles. The van der Waals surface area contributed by atoms with Crippen molar-refractivity contribution in [2.45, 2.75) is 37.8 Å². The first-order valence-corrected chi connectivity index (χ1v) is 8.10. The van der Waals surface area contributed by atoms with Crippen LogP contribution in [0.3, 0.4) is 0 Å². The van der Waals surface area contributed by atoms with Gasteiger partial charge in [0.15, 0.2) is 0 Å². The summed E-state index contributed by atoms with van der Waals surface area (Å²) in [4.78, 5) is 4.40. The molecule has 1 saturated carbocycles. The number of hydrogen-bond donors (Lipinski definition) is 1. The Morgan fingerprint density at radius 3 is 2.95 bits per heavy atom. The van der Waals surface area contributed by atoms with Crippen LogP contribution in [0.2, 0.25) is 5.02 Å². The summed E-state index contributed by atoms with van der Waals surface area (Å²) < 4.78 is 5.90. The molecule has 110 valence electrons. The van der Waals surface area contributed by atoms with Crippen molar-refractivity contribution in [2.75, 3.05) is 11.9 Å². The van der Waals surface area contributed by atoms with Gasteiger partial charge < -0.3 is 10.1 Å². The fraction of sp³-hybridized carbons (Fsp3) is 0.471. The third kappa shape index (κ3) is 2.85. The lowest BCUT2D eigenvalue weighted by molar-refractivity contribution is -0.00217. The predicted octanol–water partition coefficient (Wildman–Crippen LogP) is 4.26. The number of anilines is 1. The highest BCUT2D eigenvalue weighted by molar-refractivity contribution is 6.31. The van der Waals surface area contributed by atoms with Gasteiger partial charge in [0.1, 0.15) is 0 Å². The molecule has 3 nitrogen and oxygen atoms in total. The minimum atomic E-state index is 0.457. The van der Waals surface area contributed by atoms with Crippen molar-refractivity contribution in [1.29, 1.82) is 0 Å². The molecule has 1 aromatic heterocycles. The van der Waals surface area contributed by atoms with Crippen LogP contribution >= 0.6 is 11.6 Å². The Morgan fingerprint density at radius 1 is 1.19 bits per heavy atom. The number of halogens is 1. The number of aromatic nitrogens is 1. The average Bonchev–Trinajstić information content (AvgIpc) is 3.32. The van der Waals surface area contributed by atoms with E-state index in [1.165, 1.54) is 12.8 Å². The van der Waals surface area contributed by atoms with Crippen molar-refractivity contribution in [3.05, 3.63) is 35.5 Å². The second kappa shape index (κ2) is 5.47. The Morgan fingerprint density at radius 2 is 2.10 bits per heavy atom. The van der Waals surface area contributed by atoms with Crippen LogP contribution in [0, 0.1) is 5.92 Å². The van der Waals surface area contributed by atoms with Crippen molar-refractivity contribution in [3.63, 3.8) is 0 Å². The van der Waals surface area contributed by atoms with Crippen LogP contribution in [0.25, 0.3) is 10.9 Å². The zero-order valence-corrected chi connectivity index (χ0v) is 12.6. The van der Waals surface area contributed by atoms with E-state index in [0.29, 0.717) is 12.1 Å². The van der Waals surface area contributed by atoms with Gasteiger partial charge in [0.05, 0.1) is 11.6 Å². The van der Waals surface area contributed by atoms with E-state index in [1.54, 1.807) is 0 Å². The highest BCUT2D eigenvalue weighted by Gasteiger charge is 2.35. The number of nitrogens with zero attached hydrogens (tertiary/aromatic N) is 1. The quantitative estimate of drug-likeness (QED) is 0.920. The number of benzene rings is 1. The van der Waals surface area contributed by atoms with Crippen LogP contribution in [0.4, 0.5) is 5.69 Å². The third-order valence-electron chi connectivity index (χ3n) is 4.53. The lowest BCUT2D eigenvalue weighted by atomic mass is 9.99. The first kappa shape index (κ1) is 13.4. The molecule has 2 aromatic rings. The molecule has 0 radical (unpaired) electrons. The van der Waals surface area contributed by atoms with E-state index in [4.69, 9.17) is 16.3 Å². The average molecular weight is 303 g/mol. The van der Waals surface area contributed by atoms with Crippen LogP contribution in [0.5, 0.6) is 0 Å². The molecular weight excluding hydrogens is 284 g/mol. The maximum atomic E-state index is 6.05. The lowest BCUT2D eigenvalue weighted by Crippen LogP contribution is -2.35. The molecular formula is C17H19ClN2O. The van der Waals surface area contributed by atoms with Crippen LogP contribution < -0.4 is 5.32 Å². The largest absolute Gasteiger partial charge is 0.382 e. The molecule has 2 atom stereocenters. The molecule has 1 N–H and O–H groups in total. The van der Waals surface area contributed by atoms with Gasteiger partial charge in [0.2, 0.25) is 0 Å². The highest BCUT2D eigenvalue weighted by atomic mass is 35.5. The molecule has 4 rings (SSSR count). The molecule has 4 heteroatoms. The number of rotatable bonds is 3. The summed E-state index contributed by atoms with van der Waals surface area (Å²) in [7, 11) is 0. The summed E-state index contributed by atoms with van der Waals surface area (Å²) in [5, 5.41) is 5.56. The van der Waals surface area contributed by atoms with Crippen LogP contribution in [0.15, 0.2) is 30.5 Å². The van der Waals surface area contributed by atoms with Gasteiger partial charge in [-0.25, -0.2) is 0 Å². The zero-order chi connectivity index (χ0) is 14.2. The summed E-state index contributed by atoms with van der Waals surface area (Å²) >= 11 is 6.05. The smallest absolute Gasteiger partial charge is 0.0737 e. The molecule has 21 heavy (non-hydrogen) atoms. The second-order valence-electron chi connectivity index (χ2n) is 6.13. The fourth-order valence-electron chi connectivity index (χ4n) is 3.22. The van der Waals surface area contributed by atoms with Crippen molar-refractivity contribution < 1.29 is 4.74 Å². The molecule has 2 heterocycles. The number of nitrogens with one attached hydrogen (secondary N) is 1. The van der Waals surface area contributed by atoms with Gasteiger partial charge in [0.25, 0.3) is 0 Å². The van der Waals surface area contributed by atoms with E-state index in [0.717, 1.165) is 47.0 Å². The molecule has 0 bridgehead atoms. The summed E-state index contributed by atoms with van der Waals surface area (Å²) in [6.07, 6.45) is 7.17. The van der Waals surface area contributed by atoms with Gasteiger partial charge in [-0.05, 0) is 55.9 Å². The second-order valence-corrected chi connectivity index (χ2v) is 6.57. The zero-order valence-electron chi connectivity index (χ0n) is 11.9. The first-order chi connectivity index (χ1) is 10.3. The molecule has 1 aromatic carbocycles. The minimum absolute atomic E-state index is 0.457. The monoisotopic (exact) mass is 302 g/mol. The molecule has 2 unspecified atom stereocenters. The SMILES string of the molecule is Clc1ccc2c(NC3CCOC(C4CC4)C3)ccnc2c1. The number of fused-ring (bicyclic) bond motifs is 1. The van der Waals surface area contributed by atoms with E-state index in [1.807, 2.05) is 24.4 Å². The molecule has 1 aliphatic heterocycles. The van der Waals surface area contributed by atoms with Crippen molar-refractivity contribution in [2.24, 2.45) is 5.92 Å². The maximum absolute atomic E-state index is 6.05. The summed E-state index contributed by atoms with van der Waals surface area (Å²) in [6.45, 7) is 0.869. The van der Waals surface area contributed by atoms with E-state index >= 15 is 0 Å². The molecule has 0 spiro atoms. The van der Waals surface area contributed by atoms with Gasteiger partial charge in [0, 0.05) is 34.9 Å². The van der Waals surface area contributed by atoms with Gasteiger partial charge in [-0.2, -0.15) is 0 Å². The van der Waals surface area contributed by atoms with E-state index < -0.39 is 0 Å². The Balaban J connectivity index is 1.56. The summed E-state index contributed by atoms with van der Waals surface area (Å²) in [5.74, 6) is 0.808. The van der Waals surface area contributed by atoms with Crippen LogP contribution in [-0.2, 0) is 4.74 Å². The number of ether oxygens (including phenoxy) is 1. The Bertz CT molecular complexity index is 656. The fourth-order valence-corrected chi connectivity index (χ4v) is 3.39. The van der Waals surface area contributed by atoms with Gasteiger partial charge in [-0.1, -0.05) is 11.6 Å². The van der Waals surface area contributed by atoms with Crippen molar-refractivity contribution in [1.82, 2.24) is 4.98 Å². The number of hydrogen-bond acceptors (Lipinski definition) is 3. The molecule has 2 aliphatic rings. The number of pyridine rings is 1. The van der Waals surface area contributed by atoms with E-state index in [-0.39, 0.29) is 0 Å². The Labute approximate surface area is 129 Å². The lowest BCUT2D eigenvalue weighted by Gasteiger charge is -2.31. The predicted molar refractivity (Wildman–Crippen MR) is 85.9 cm³/mol. The standard InChI is InChI=1S/C17H19ClN2O/c18-12-3-4-14-15(5-7-19-16(14)9-12)20-13-6-8-21-17(10-13)11-1-2-11/h3-5,7,9,11,13,17H,1-2,6,8,10H2,(H,19,20). The summed E-state index contributed by atoms with van der Waals surface area (Å²) in [5.41, 5.74) is 2.09. The van der Waals surface area contributed by atoms with E-state index in [9.17, 15) is 0 Å².